The van der Waals surface area contributed by atoms with Gasteiger partial charge in [0.1, 0.15) is 5.60 Å². The molecule has 0 radical (unpaired) electrons. The van der Waals surface area contributed by atoms with Crippen LogP contribution in [-0.2, 0) is 11.2 Å². The van der Waals surface area contributed by atoms with Gasteiger partial charge >= 0.3 is 6.09 Å². The largest absolute Gasteiger partial charge is 0.444 e. The molecule has 1 amide bonds. The van der Waals surface area contributed by atoms with Crippen molar-refractivity contribution in [1.29, 1.82) is 0 Å². The van der Waals surface area contributed by atoms with Gasteiger partial charge in [-0.1, -0.05) is 41.9 Å². The lowest BCUT2D eigenvalue weighted by molar-refractivity contribution is 0.0501. The number of nitrogens with one attached hydrogen (secondary N) is 1. The minimum atomic E-state index is -0.594. The number of halogens is 1. The van der Waals surface area contributed by atoms with Gasteiger partial charge in [-0.05, 0) is 51.0 Å². The van der Waals surface area contributed by atoms with Crippen LogP contribution in [0.1, 0.15) is 38.1 Å². The van der Waals surface area contributed by atoms with Gasteiger partial charge in [0.05, 0.1) is 11.7 Å². The normalized spacial score (nSPS) is 12.4. The summed E-state index contributed by atoms with van der Waals surface area (Å²) in [6.45, 7) is 5.48. The Morgan fingerprint density at radius 3 is 2.54 bits per heavy atom. The van der Waals surface area contributed by atoms with Gasteiger partial charge in [0.25, 0.3) is 0 Å². The topological polar surface area (TPSA) is 81.9 Å². The monoisotopic (exact) mass is 399 g/mol. The minimum Gasteiger partial charge on any atom is -0.444 e. The van der Waals surface area contributed by atoms with Gasteiger partial charge in [-0.15, -0.1) is 10.2 Å². The highest BCUT2D eigenvalue weighted by molar-refractivity contribution is 6.29. The first-order chi connectivity index (χ1) is 13.3. The van der Waals surface area contributed by atoms with Crippen LogP contribution in [0, 0.1) is 0 Å². The molecule has 0 aliphatic rings. The fourth-order valence-corrected chi connectivity index (χ4v) is 2.82. The number of ether oxygens (including phenoxy) is 1. The van der Waals surface area contributed by atoms with Gasteiger partial charge in [0.2, 0.25) is 0 Å². The van der Waals surface area contributed by atoms with Crippen molar-refractivity contribution in [1.82, 2.24) is 25.3 Å². The first kappa shape index (κ1) is 19.8. The zero-order valence-corrected chi connectivity index (χ0v) is 16.7. The Morgan fingerprint density at radius 1 is 1.14 bits per heavy atom. The molecular formula is C20H22ClN5O2. The SMILES string of the molecule is CC(C)(C)OC(=O)N[C@@H](Cc1ccccc1)c1ccnn1-c1ccc(Cl)nn1. The molecule has 8 heteroatoms. The number of amides is 1. The van der Waals surface area contributed by atoms with Crippen molar-refractivity contribution in [3.05, 3.63) is 71.1 Å². The van der Waals surface area contributed by atoms with Crippen molar-refractivity contribution in [2.75, 3.05) is 0 Å². The quantitative estimate of drug-likeness (QED) is 0.697. The summed E-state index contributed by atoms with van der Waals surface area (Å²) in [7, 11) is 0. The van der Waals surface area contributed by atoms with Gasteiger partial charge in [-0.3, -0.25) is 0 Å². The smallest absolute Gasteiger partial charge is 0.408 e. The molecule has 146 valence electrons. The molecule has 2 heterocycles. The lowest BCUT2D eigenvalue weighted by Crippen LogP contribution is -2.36. The molecule has 0 saturated heterocycles. The molecule has 0 aliphatic carbocycles. The average Bonchev–Trinajstić information content (AvgIpc) is 3.11. The van der Waals surface area contributed by atoms with Gasteiger partial charge < -0.3 is 10.1 Å². The molecule has 28 heavy (non-hydrogen) atoms. The number of carbonyl (C=O) groups is 1. The molecule has 0 bridgehead atoms. The number of nitrogens with zero attached hydrogens (tertiary/aromatic N) is 4. The number of hydrogen-bond acceptors (Lipinski definition) is 5. The van der Waals surface area contributed by atoms with Crippen LogP contribution in [0.25, 0.3) is 5.82 Å². The molecule has 2 aromatic heterocycles. The van der Waals surface area contributed by atoms with Gasteiger partial charge in [-0.2, -0.15) is 5.10 Å². The van der Waals surface area contributed by atoms with E-state index in [0.29, 0.717) is 17.4 Å². The molecule has 1 atom stereocenters. The van der Waals surface area contributed by atoms with E-state index in [1.807, 2.05) is 57.2 Å². The summed E-state index contributed by atoms with van der Waals surface area (Å²) < 4.78 is 7.07. The highest BCUT2D eigenvalue weighted by atomic mass is 35.5. The van der Waals surface area contributed by atoms with Gasteiger partial charge in [-0.25, -0.2) is 9.48 Å². The fourth-order valence-electron chi connectivity index (χ4n) is 2.72. The van der Waals surface area contributed by atoms with Crippen LogP contribution in [-0.4, -0.2) is 31.7 Å². The summed E-state index contributed by atoms with van der Waals surface area (Å²) in [5.41, 5.74) is 1.23. The van der Waals surface area contributed by atoms with Crippen LogP contribution >= 0.6 is 11.6 Å². The maximum atomic E-state index is 12.4. The van der Waals surface area contributed by atoms with Crippen LogP contribution in [0.3, 0.4) is 0 Å². The molecule has 0 spiro atoms. The molecule has 0 unspecified atom stereocenters. The number of rotatable bonds is 5. The Kier molecular flexibility index (Phi) is 5.94. The number of benzene rings is 1. The predicted octanol–water partition coefficient (Wildman–Crippen LogP) is 4.12. The third-order valence-electron chi connectivity index (χ3n) is 3.84. The molecule has 3 rings (SSSR count). The summed E-state index contributed by atoms with van der Waals surface area (Å²) >= 11 is 5.84. The number of carbonyl (C=O) groups excluding carboxylic acids is 1. The second kappa shape index (κ2) is 8.39. The van der Waals surface area contributed by atoms with Gasteiger partial charge in [0, 0.05) is 6.20 Å². The van der Waals surface area contributed by atoms with E-state index in [4.69, 9.17) is 16.3 Å². The zero-order chi connectivity index (χ0) is 20.1. The summed E-state index contributed by atoms with van der Waals surface area (Å²) in [5, 5.41) is 15.5. The zero-order valence-electron chi connectivity index (χ0n) is 16.0. The molecule has 1 aromatic carbocycles. The third kappa shape index (κ3) is 5.29. The Hall–Kier alpha value is -2.93. The highest BCUT2D eigenvalue weighted by Crippen LogP contribution is 2.22. The van der Waals surface area contributed by atoms with Gasteiger partial charge in [0.15, 0.2) is 11.0 Å². The fraction of sp³-hybridized carbons (Fsp3) is 0.300. The first-order valence-corrected chi connectivity index (χ1v) is 9.26. The Balaban J connectivity index is 1.91. The van der Waals surface area contributed by atoms with Crippen molar-refractivity contribution >= 4 is 17.7 Å². The summed E-state index contributed by atoms with van der Waals surface area (Å²) in [5.74, 6) is 0.508. The average molecular weight is 400 g/mol. The van der Waals surface area contributed by atoms with Crippen LogP contribution < -0.4 is 5.32 Å². The summed E-state index contributed by atoms with van der Waals surface area (Å²) in [4.78, 5) is 12.4. The summed E-state index contributed by atoms with van der Waals surface area (Å²) in [6.07, 6.45) is 1.72. The lowest BCUT2D eigenvalue weighted by Gasteiger charge is -2.24. The van der Waals surface area contributed by atoms with E-state index < -0.39 is 11.7 Å². The first-order valence-electron chi connectivity index (χ1n) is 8.89. The van der Waals surface area contributed by atoms with E-state index in [-0.39, 0.29) is 6.04 Å². The molecular weight excluding hydrogens is 378 g/mol. The molecule has 0 saturated carbocycles. The van der Waals surface area contributed by atoms with E-state index in [1.54, 1.807) is 23.0 Å². The van der Waals surface area contributed by atoms with Crippen molar-refractivity contribution in [2.24, 2.45) is 0 Å². The maximum Gasteiger partial charge on any atom is 0.408 e. The molecule has 3 aromatic rings. The Morgan fingerprint density at radius 2 is 1.89 bits per heavy atom. The number of hydrogen-bond donors (Lipinski definition) is 1. The van der Waals surface area contributed by atoms with E-state index in [0.717, 1.165) is 11.3 Å². The second-order valence-electron chi connectivity index (χ2n) is 7.27. The molecule has 0 aliphatic heterocycles. The van der Waals surface area contributed by atoms with Crippen LogP contribution in [0.5, 0.6) is 0 Å². The van der Waals surface area contributed by atoms with E-state index in [2.05, 4.69) is 20.6 Å². The Bertz CT molecular complexity index is 920. The third-order valence-corrected chi connectivity index (χ3v) is 4.04. The van der Waals surface area contributed by atoms with Crippen molar-refractivity contribution in [3.63, 3.8) is 0 Å². The summed E-state index contributed by atoms with van der Waals surface area (Å²) in [6, 6.07) is 14.7. The van der Waals surface area contributed by atoms with E-state index >= 15 is 0 Å². The predicted molar refractivity (Wildman–Crippen MR) is 106 cm³/mol. The van der Waals surface area contributed by atoms with Crippen LogP contribution in [0.15, 0.2) is 54.7 Å². The second-order valence-corrected chi connectivity index (χ2v) is 7.66. The van der Waals surface area contributed by atoms with Crippen molar-refractivity contribution in [2.45, 2.75) is 38.8 Å². The van der Waals surface area contributed by atoms with E-state index in [9.17, 15) is 4.79 Å². The van der Waals surface area contributed by atoms with E-state index in [1.165, 1.54) is 0 Å². The maximum absolute atomic E-state index is 12.4. The van der Waals surface area contributed by atoms with Crippen LogP contribution in [0.2, 0.25) is 5.15 Å². The minimum absolute atomic E-state index is 0.296. The number of aromatic nitrogens is 4. The number of alkyl carbamates (subject to hydrolysis) is 1. The van der Waals surface area contributed by atoms with Crippen molar-refractivity contribution in [3.8, 4) is 5.82 Å². The molecule has 0 fully saturated rings. The van der Waals surface area contributed by atoms with Crippen molar-refractivity contribution < 1.29 is 9.53 Å². The van der Waals surface area contributed by atoms with Crippen LogP contribution in [0.4, 0.5) is 4.79 Å². The molecule has 7 nitrogen and oxygen atoms in total. The highest BCUT2D eigenvalue weighted by Gasteiger charge is 2.24. The molecule has 1 N–H and O–H groups in total. The standard InChI is InChI=1S/C20H22ClN5O2/c1-20(2,3)28-19(27)23-15(13-14-7-5-4-6-8-14)16-11-12-22-26(16)18-10-9-17(21)24-25-18/h4-12,15H,13H2,1-3H3,(H,23,27)/t15-/m0/s1. The Labute approximate surface area is 168 Å². The lowest BCUT2D eigenvalue weighted by atomic mass is 10.0.